The topological polar surface area (TPSA) is 20.2 Å². The van der Waals surface area contributed by atoms with Gasteiger partial charge in [-0.05, 0) is 36.6 Å². The summed E-state index contributed by atoms with van der Waals surface area (Å²) in [6.45, 7) is 3.51. The van der Waals surface area contributed by atoms with Gasteiger partial charge in [-0.15, -0.1) is 0 Å². The molecule has 0 aliphatic carbocycles. The number of aliphatic hydroxyl groups is 1. The van der Waals surface area contributed by atoms with Crippen molar-refractivity contribution >= 4 is 0 Å². The van der Waals surface area contributed by atoms with Crippen molar-refractivity contribution in [3.8, 4) is 0 Å². The van der Waals surface area contributed by atoms with Crippen molar-refractivity contribution in [3.63, 3.8) is 0 Å². The van der Waals surface area contributed by atoms with E-state index in [4.69, 9.17) is 0 Å². The molecule has 0 aliphatic rings. The van der Waals surface area contributed by atoms with Crippen LogP contribution < -0.4 is 0 Å². The summed E-state index contributed by atoms with van der Waals surface area (Å²) in [6, 6.07) is 3.45. The Bertz CT molecular complexity index is 358. The van der Waals surface area contributed by atoms with Crippen LogP contribution in [0.1, 0.15) is 42.6 Å². The van der Waals surface area contributed by atoms with Crippen molar-refractivity contribution < 1.29 is 18.3 Å². The number of aryl methyl sites for hydroxylation is 1. The van der Waals surface area contributed by atoms with Crippen LogP contribution in [0.5, 0.6) is 0 Å². The summed E-state index contributed by atoms with van der Waals surface area (Å²) in [4.78, 5) is 0. The highest BCUT2D eigenvalue weighted by atomic mass is 19.4. The zero-order chi connectivity index (χ0) is 12.3. The molecule has 1 unspecified atom stereocenters. The first kappa shape index (κ1) is 13.0. The molecule has 90 valence electrons. The highest BCUT2D eigenvalue weighted by molar-refractivity contribution is 5.33. The van der Waals surface area contributed by atoms with Gasteiger partial charge in [-0.2, -0.15) is 13.2 Å². The van der Waals surface area contributed by atoms with Crippen LogP contribution in [-0.2, 0) is 6.18 Å². The van der Waals surface area contributed by atoms with Crippen molar-refractivity contribution in [3.05, 3.63) is 34.9 Å². The maximum Gasteiger partial charge on any atom is 0.416 e. The fourth-order valence-electron chi connectivity index (χ4n) is 1.65. The molecular formula is C12H15F3O. The first-order valence-electron chi connectivity index (χ1n) is 5.22. The second kappa shape index (κ2) is 4.87. The van der Waals surface area contributed by atoms with Gasteiger partial charge in [0.25, 0.3) is 0 Å². The predicted octanol–water partition coefficient (Wildman–Crippen LogP) is 3.85. The molecule has 0 fully saturated rings. The van der Waals surface area contributed by atoms with Crippen molar-refractivity contribution in [1.29, 1.82) is 0 Å². The Kier molecular flexibility index (Phi) is 3.97. The molecule has 1 nitrogen and oxygen atoms in total. The molecule has 0 spiro atoms. The Morgan fingerprint density at radius 3 is 2.38 bits per heavy atom. The average Bonchev–Trinajstić information content (AvgIpc) is 2.16. The summed E-state index contributed by atoms with van der Waals surface area (Å²) in [5.41, 5.74) is 0.392. The molecule has 16 heavy (non-hydrogen) atoms. The Morgan fingerprint density at radius 2 is 1.94 bits per heavy atom. The fraction of sp³-hybridized carbons (Fsp3) is 0.500. The first-order chi connectivity index (χ1) is 7.36. The van der Waals surface area contributed by atoms with Crippen LogP contribution in [0.4, 0.5) is 13.2 Å². The second-order valence-electron chi connectivity index (χ2n) is 3.87. The molecule has 1 atom stereocenters. The molecule has 1 aromatic carbocycles. The smallest absolute Gasteiger partial charge is 0.388 e. The van der Waals surface area contributed by atoms with Crippen molar-refractivity contribution in [2.45, 2.75) is 39.0 Å². The molecule has 1 N–H and O–H groups in total. The second-order valence-corrected chi connectivity index (χ2v) is 3.87. The minimum atomic E-state index is -4.32. The van der Waals surface area contributed by atoms with E-state index in [1.54, 1.807) is 6.92 Å². The Morgan fingerprint density at radius 1 is 1.31 bits per heavy atom. The number of hydrogen-bond acceptors (Lipinski definition) is 1. The van der Waals surface area contributed by atoms with Gasteiger partial charge in [0.2, 0.25) is 0 Å². The van der Waals surface area contributed by atoms with E-state index in [0.717, 1.165) is 18.6 Å². The monoisotopic (exact) mass is 232 g/mol. The quantitative estimate of drug-likeness (QED) is 0.839. The Labute approximate surface area is 92.9 Å². The molecule has 0 saturated carbocycles. The third-order valence-electron chi connectivity index (χ3n) is 2.52. The standard InChI is InChI=1S/C12H15F3O/c1-3-4-11(16)10-6-5-9(7-8(10)2)12(13,14)15/h5-7,11,16H,3-4H2,1-2H3. The van der Waals surface area contributed by atoms with E-state index >= 15 is 0 Å². The molecule has 0 amide bonds. The lowest BCUT2D eigenvalue weighted by molar-refractivity contribution is -0.137. The number of halogens is 3. The zero-order valence-electron chi connectivity index (χ0n) is 9.30. The van der Waals surface area contributed by atoms with Gasteiger partial charge in [0, 0.05) is 0 Å². The van der Waals surface area contributed by atoms with Crippen molar-refractivity contribution in [2.24, 2.45) is 0 Å². The van der Waals surface area contributed by atoms with Crippen LogP contribution in [0.2, 0.25) is 0 Å². The number of alkyl halides is 3. The molecule has 1 rings (SSSR count). The average molecular weight is 232 g/mol. The van der Waals surface area contributed by atoms with Crippen LogP contribution >= 0.6 is 0 Å². The predicted molar refractivity (Wildman–Crippen MR) is 56.0 cm³/mol. The van der Waals surface area contributed by atoms with Crippen LogP contribution in [0.25, 0.3) is 0 Å². The Hall–Kier alpha value is -1.03. The Balaban J connectivity index is 3.00. The van der Waals surface area contributed by atoms with Gasteiger partial charge in [-0.25, -0.2) is 0 Å². The van der Waals surface area contributed by atoms with E-state index in [1.807, 2.05) is 6.92 Å². The lowest BCUT2D eigenvalue weighted by Crippen LogP contribution is -2.07. The third kappa shape index (κ3) is 2.98. The number of hydrogen-bond donors (Lipinski definition) is 1. The van der Waals surface area contributed by atoms with Crippen molar-refractivity contribution in [2.75, 3.05) is 0 Å². The lowest BCUT2D eigenvalue weighted by atomic mass is 9.98. The van der Waals surface area contributed by atoms with Crippen LogP contribution in [0.3, 0.4) is 0 Å². The van der Waals surface area contributed by atoms with Gasteiger partial charge in [-0.3, -0.25) is 0 Å². The molecule has 0 radical (unpaired) electrons. The maximum absolute atomic E-state index is 12.4. The third-order valence-corrected chi connectivity index (χ3v) is 2.52. The molecule has 0 heterocycles. The maximum atomic E-state index is 12.4. The van der Waals surface area contributed by atoms with Crippen LogP contribution in [0, 0.1) is 6.92 Å². The molecule has 1 aromatic rings. The van der Waals surface area contributed by atoms with E-state index < -0.39 is 17.8 Å². The molecule has 0 aromatic heterocycles. The highest BCUT2D eigenvalue weighted by Gasteiger charge is 2.30. The van der Waals surface area contributed by atoms with E-state index in [1.165, 1.54) is 6.07 Å². The van der Waals surface area contributed by atoms with Gasteiger partial charge in [-0.1, -0.05) is 19.4 Å². The molecule has 0 bridgehead atoms. The van der Waals surface area contributed by atoms with Gasteiger partial charge < -0.3 is 5.11 Å². The molecule has 0 aliphatic heterocycles. The normalized spacial score (nSPS) is 13.9. The number of aliphatic hydroxyl groups excluding tert-OH is 1. The van der Waals surface area contributed by atoms with Crippen LogP contribution in [0.15, 0.2) is 18.2 Å². The van der Waals surface area contributed by atoms with E-state index in [0.29, 0.717) is 17.5 Å². The van der Waals surface area contributed by atoms with E-state index in [9.17, 15) is 18.3 Å². The zero-order valence-corrected chi connectivity index (χ0v) is 9.30. The summed E-state index contributed by atoms with van der Waals surface area (Å²) < 4.78 is 37.2. The minimum Gasteiger partial charge on any atom is -0.388 e. The summed E-state index contributed by atoms with van der Waals surface area (Å²) in [7, 11) is 0. The summed E-state index contributed by atoms with van der Waals surface area (Å²) in [6.07, 6.45) is -3.64. The summed E-state index contributed by atoms with van der Waals surface area (Å²) in [5.74, 6) is 0. The van der Waals surface area contributed by atoms with E-state index in [-0.39, 0.29) is 0 Å². The van der Waals surface area contributed by atoms with Gasteiger partial charge in [0.05, 0.1) is 11.7 Å². The molecule has 0 saturated heterocycles. The highest BCUT2D eigenvalue weighted by Crippen LogP contribution is 2.32. The fourth-order valence-corrected chi connectivity index (χ4v) is 1.65. The molecule has 4 heteroatoms. The summed E-state index contributed by atoms with van der Waals surface area (Å²) >= 11 is 0. The molecular weight excluding hydrogens is 217 g/mol. The first-order valence-corrected chi connectivity index (χ1v) is 5.22. The number of rotatable bonds is 3. The number of benzene rings is 1. The van der Waals surface area contributed by atoms with Crippen LogP contribution in [-0.4, -0.2) is 5.11 Å². The van der Waals surface area contributed by atoms with Gasteiger partial charge in [0.1, 0.15) is 0 Å². The minimum absolute atomic E-state index is 0.482. The van der Waals surface area contributed by atoms with Crippen molar-refractivity contribution in [1.82, 2.24) is 0 Å². The van der Waals surface area contributed by atoms with Gasteiger partial charge in [0.15, 0.2) is 0 Å². The summed E-state index contributed by atoms with van der Waals surface area (Å²) in [5, 5.41) is 9.71. The van der Waals surface area contributed by atoms with E-state index in [2.05, 4.69) is 0 Å². The lowest BCUT2D eigenvalue weighted by Gasteiger charge is -2.15. The SMILES string of the molecule is CCCC(O)c1ccc(C(F)(F)F)cc1C. The van der Waals surface area contributed by atoms with Gasteiger partial charge >= 0.3 is 6.18 Å². The largest absolute Gasteiger partial charge is 0.416 e.